The van der Waals surface area contributed by atoms with Crippen LogP contribution in [0.4, 0.5) is 4.39 Å². The topological polar surface area (TPSA) is 125 Å². The summed E-state index contributed by atoms with van der Waals surface area (Å²) in [5.41, 5.74) is -0.931. The minimum Gasteiger partial charge on any atom is -0.454 e. The number of nitrogens with zero attached hydrogens (tertiary/aromatic N) is 1. The van der Waals surface area contributed by atoms with Gasteiger partial charge in [0.2, 0.25) is 10.0 Å². The summed E-state index contributed by atoms with van der Waals surface area (Å²) in [5, 5.41) is 11.8. The Hall–Kier alpha value is -2.51. The van der Waals surface area contributed by atoms with Gasteiger partial charge in [0.25, 0.3) is 5.91 Å². The van der Waals surface area contributed by atoms with Crippen LogP contribution in [0.25, 0.3) is 0 Å². The number of carbonyl (C=O) groups excluding carboxylic acids is 2. The number of nitriles is 1. The van der Waals surface area contributed by atoms with Gasteiger partial charge in [-0.1, -0.05) is 0 Å². The second-order valence-electron chi connectivity index (χ2n) is 6.35. The van der Waals surface area contributed by atoms with Crippen LogP contribution in [0.1, 0.15) is 32.6 Å². The Morgan fingerprint density at radius 1 is 1.30 bits per heavy atom. The van der Waals surface area contributed by atoms with Crippen molar-refractivity contribution in [3.63, 3.8) is 0 Å². The van der Waals surface area contributed by atoms with Gasteiger partial charge in [-0.25, -0.2) is 12.8 Å². The fourth-order valence-electron chi connectivity index (χ4n) is 2.77. The van der Waals surface area contributed by atoms with E-state index in [-0.39, 0.29) is 4.90 Å². The van der Waals surface area contributed by atoms with Crippen molar-refractivity contribution < 1.29 is 27.1 Å². The first-order chi connectivity index (χ1) is 12.7. The lowest BCUT2D eigenvalue weighted by Crippen LogP contribution is -2.47. The summed E-state index contributed by atoms with van der Waals surface area (Å²) < 4.78 is 44.1. The largest absolute Gasteiger partial charge is 0.454 e. The quantitative estimate of drug-likeness (QED) is 0.661. The highest BCUT2D eigenvalue weighted by Gasteiger charge is 2.35. The molecule has 0 saturated heterocycles. The number of benzene rings is 1. The predicted molar refractivity (Wildman–Crippen MR) is 92.1 cm³/mol. The molecule has 1 amide bonds. The molecule has 1 saturated carbocycles. The van der Waals surface area contributed by atoms with Gasteiger partial charge in [0.1, 0.15) is 17.4 Å². The van der Waals surface area contributed by atoms with Gasteiger partial charge in [-0.2, -0.15) is 9.98 Å². The van der Waals surface area contributed by atoms with Crippen molar-refractivity contribution in [2.45, 2.75) is 49.1 Å². The number of nitrogens with one attached hydrogen (secondary N) is 2. The first kappa shape index (κ1) is 20.8. The van der Waals surface area contributed by atoms with Crippen LogP contribution in [-0.4, -0.2) is 38.5 Å². The molecular formula is C17H20FN3O5S. The third kappa shape index (κ3) is 5.48. The molecule has 27 heavy (non-hydrogen) atoms. The molecule has 1 aromatic carbocycles. The van der Waals surface area contributed by atoms with E-state index < -0.39 is 45.9 Å². The third-order valence-corrected chi connectivity index (χ3v) is 5.76. The van der Waals surface area contributed by atoms with Crippen molar-refractivity contribution in [1.29, 1.82) is 5.26 Å². The van der Waals surface area contributed by atoms with Crippen LogP contribution in [0.2, 0.25) is 0 Å². The van der Waals surface area contributed by atoms with Crippen LogP contribution in [0.15, 0.2) is 29.2 Å². The molecule has 2 rings (SSSR count). The van der Waals surface area contributed by atoms with Crippen molar-refractivity contribution in [2.75, 3.05) is 6.61 Å². The Labute approximate surface area is 156 Å². The molecule has 0 spiro atoms. The number of carbonyl (C=O) groups is 2. The fourth-order valence-corrected chi connectivity index (χ4v) is 3.96. The fraction of sp³-hybridized carbons (Fsp3) is 0.471. The van der Waals surface area contributed by atoms with E-state index in [0.717, 1.165) is 37.1 Å². The highest BCUT2D eigenvalue weighted by atomic mass is 32.2. The molecule has 0 aromatic heterocycles. The van der Waals surface area contributed by atoms with Crippen molar-refractivity contribution >= 4 is 21.9 Å². The van der Waals surface area contributed by atoms with E-state index in [1.807, 2.05) is 0 Å². The molecule has 10 heteroatoms. The minimum absolute atomic E-state index is 0.210. The van der Waals surface area contributed by atoms with E-state index in [0.29, 0.717) is 12.8 Å². The van der Waals surface area contributed by atoms with Crippen LogP contribution in [-0.2, 0) is 24.3 Å². The third-order valence-electron chi connectivity index (χ3n) is 4.20. The zero-order chi connectivity index (χ0) is 20.1. The standard InChI is InChI=1S/C17H20FN3O5S/c1-12(21-27(24,25)14-6-4-13(18)5-7-14)16(23)26-10-15(22)20-17(11-19)8-2-3-9-17/h4-7,12,21H,2-3,8-10H2,1H3,(H,20,22)/t12-/m0/s1. The number of hydrogen-bond donors (Lipinski definition) is 2. The Kier molecular flexibility index (Phi) is 6.51. The summed E-state index contributed by atoms with van der Waals surface area (Å²) in [6.45, 7) is 0.639. The first-order valence-electron chi connectivity index (χ1n) is 8.34. The Bertz CT molecular complexity index is 842. The minimum atomic E-state index is -4.05. The summed E-state index contributed by atoms with van der Waals surface area (Å²) in [6, 6.07) is 4.91. The zero-order valence-corrected chi connectivity index (χ0v) is 15.5. The molecule has 0 radical (unpaired) electrons. The zero-order valence-electron chi connectivity index (χ0n) is 14.7. The monoisotopic (exact) mass is 397 g/mol. The van der Waals surface area contributed by atoms with Crippen LogP contribution >= 0.6 is 0 Å². The predicted octanol–water partition coefficient (Wildman–Crippen LogP) is 0.988. The molecule has 1 atom stereocenters. The average molecular weight is 397 g/mol. The Morgan fingerprint density at radius 2 is 1.89 bits per heavy atom. The average Bonchev–Trinajstić information content (AvgIpc) is 3.08. The lowest BCUT2D eigenvalue weighted by atomic mass is 10.00. The molecule has 146 valence electrons. The molecule has 1 fully saturated rings. The van der Waals surface area contributed by atoms with E-state index in [2.05, 4.69) is 16.1 Å². The molecule has 2 N–H and O–H groups in total. The lowest BCUT2D eigenvalue weighted by molar-refractivity contribution is -0.150. The Morgan fingerprint density at radius 3 is 2.44 bits per heavy atom. The maximum absolute atomic E-state index is 12.9. The number of halogens is 1. The van der Waals surface area contributed by atoms with E-state index >= 15 is 0 Å². The molecule has 1 aromatic rings. The van der Waals surface area contributed by atoms with Gasteiger partial charge < -0.3 is 10.1 Å². The molecule has 0 bridgehead atoms. The highest BCUT2D eigenvalue weighted by Crippen LogP contribution is 2.28. The molecule has 1 aliphatic carbocycles. The summed E-state index contributed by atoms with van der Waals surface area (Å²) >= 11 is 0. The van der Waals surface area contributed by atoms with Gasteiger partial charge in [-0.05, 0) is 56.9 Å². The van der Waals surface area contributed by atoms with Crippen LogP contribution in [0.3, 0.4) is 0 Å². The molecule has 0 aliphatic heterocycles. The maximum atomic E-state index is 12.9. The summed E-state index contributed by atoms with van der Waals surface area (Å²) in [5.74, 6) is -2.17. The number of amides is 1. The molecule has 8 nitrogen and oxygen atoms in total. The van der Waals surface area contributed by atoms with Crippen molar-refractivity contribution in [3.8, 4) is 6.07 Å². The number of sulfonamides is 1. The van der Waals surface area contributed by atoms with E-state index in [1.54, 1.807) is 0 Å². The van der Waals surface area contributed by atoms with Gasteiger partial charge in [0.05, 0.1) is 11.0 Å². The summed E-state index contributed by atoms with van der Waals surface area (Å²) in [7, 11) is -4.05. The van der Waals surface area contributed by atoms with Crippen molar-refractivity contribution in [2.24, 2.45) is 0 Å². The smallest absolute Gasteiger partial charge is 0.324 e. The molecule has 0 heterocycles. The van der Waals surface area contributed by atoms with E-state index in [1.165, 1.54) is 6.92 Å². The number of hydrogen-bond acceptors (Lipinski definition) is 6. The molecular weight excluding hydrogens is 377 g/mol. The molecule has 0 unspecified atom stereocenters. The second-order valence-corrected chi connectivity index (χ2v) is 8.07. The van der Waals surface area contributed by atoms with Crippen LogP contribution in [0, 0.1) is 17.1 Å². The van der Waals surface area contributed by atoms with E-state index in [4.69, 9.17) is 4.74 Å². The normalized spacial score (nSPS) is 16.9. The van der Waals surface area contributed by atoms with Gasteiger partial charge in [-0.15, -0.1) is 0 Å². The van der Waals surface area contributed by atoms with Crippen LogP contribution in [0.5, 0.6) is 0 Å². The van der Waals surface area contributed by atoms with Crippen molar-refractivity contribution in [3.05, 3.63) is 30.1 Å². The van der Waals surface area contributed by atoms with Gasteiger partial charge >= 0.3 is 5.97 Å². The van der Waals surface area contributed by atoms with Gasteiger partial charge in [0.15, 0.2) is 6.61 Å². The van der Waals surface area contributed by atoms with E-state index in [9.17, 15) is 27.7 Å². The highest BCUT2D eigenvalue weighted by molar-refractivity contribution is 7.89. The van der Waals surface area contributed by atoms with Crippen LogP contribution < -0.4 is 10.0 Å². The van der Waals surface area contributed by atoms with Crippen molar-refractivity contribution in [1.82, 2.24) is 10.0 Å². The number of esters is 1. The summed E-state index contributed by atoms with van der Waals surface area (Å²) in [4.78, 5) is 23.6. The lowest BCUT2D eigenvalue weighted by Gasteiger charge is -2.22. The van der Waals surface area contributed by atoms with Gasteiger partial charge in [-0.3, -0.25) is 9.59 Å². The Balaban J connectivity index is 1.87. The molecule has 1 aliphatic rings. The number of rotatable bonds is 7. The van der Waals surface area contributed by atoms with Gasteiger partial charge in [0, 0.05) is 0 Å². The maximum Gasteiger partial charge on any atom is 0.324 e. The number of ether oxygens (including phenoxy) is 1. The first-order valence-corrected chi connectivity index (χ1v) is 9.83. The summed E-state index contributed by atoms with van der Waals surface area (Å²) in [6.07, 6.45) is 2.74. The second kappa shape index (κ2) is 8.45. The SMILES string of the molecule is C[C@H](NS(=O)(=O)c1ccc(F)cc1)C(=O)OCC(=O)NC1(C#N)CCCC1.